The van der Waals surface area contributed by atoms with E-state index >= 15 is 0 Å². The van der Waals surface area contributed by atoms with Crippen molar-refractivity contribution in [1.82, 2.24) is 0 Å². The Hall–Kier alpha value is -4.02. The van der Waals surface area contributed by atoms with Crippen LogP contribution in [0.25, 0.3) is 0 Å². The molecule has 0 aromatic carbocycles. The molecule has 0 aromatic heterocycles. The lowest BCUT2D eigenvalue weighted by Crippen LogP contribution is -2.30. The van der Waals surface area contributed by atoms with E-state index in [4.69, 9.17) is 37.0 Å². The maximum atomic E-state index is 13.1. The van der Waals surface area contributed by atoms with Crippen LogP contribution in [0, 0.1) is 0 Å². The van der Waals surface area contributed by atoms with Gasteiger partial charge in [-0.05, 0) is 141 Å². The molecule has 0 rings (SSSR count). The van der Waals surface area contributed by atoms with E-state index in [1.807, 2.05) is 0 Å². The molecule has 0 fully saturated rings. The standard InChI is InChI=1S/C77H134O17P2/c1-5-9-13-17-21-25-29-33-35-39-41-45-49-53-57-61-74(79)87-67-72(93-76(81)63-59-55-51-47-43-37-31-27-23-19-15-11-7-3)69-91-95(83,84)89-65-71(78)66-90-96(85,86)92-70-73(94-77(82)64-60-56-52-48-44-38-32-28-24-20-16-12-8-4)68-88-75(80)62-58-54-50-46-42-40-36-34-30-26-22-18-14-10-6-2/h9,13,16,20-22,25-28,31-36,71-73,78H,5-8,10-12,14-15,17-19,23-24,29-30,37-70H2,1-4H3,(H,83,84)(H,85,86)/b13-9-,20-16-,25-21-,26-22-,31-27-,32-28-,35-33-,36-34-. The number of phosphoric acid groups is 2. The topological polar surface area (TPSA) is 237 Å². The first-order valence-electron chi connectivity index (χ1n) is 37.5. The minimum Gasteiger partial charge on any atom is -0.462 e. The maximum absolute atomic E-state index is 13.1. The van der Waals surface area contributed by atoms with E-state index in [0.29, 0.717) is 25.7 Å². The van der Waals surface area contributed by atoms with Gasteiger partial charge in [-0.25, -0.2) is 9.13 Å². The Morgan fingerprint density at radius 3 is 0.906 bits per heavy atom. The molecule has 0 saturated heterocycles. The van der Waals surface area contributed by atoms with Crippen molar-refractivity contribution in [1.29, 1.82) is 0 Å². The molecule has 0 aliphatic rings. The highest BCUT2D eigenvalue weighted by Crippen LogP contribution is 2.45. The predicted molar refractivity (Wildman–Crippen MR) is 390 cm³/mol. The van der Waals surface area contributed by atoms with E-state index in [1.54, 1.807) is 0 Å². The van der Waals surface area contributed by atoms with Gasteiger partial charge in [0.1, 0.15) is 19.3 Å². The molecular formula is C77H134O17P2. The fraction of sp³-hybridized carbons (Fsp3) is 0.740. The lowest BCUT2D eigenvalue weighted by Gasteiger charge is -2.21. The summed E-state index contributed by atoms with van der Waals surface area (Å²) in [7, 11) is -9.96. The summed E-state index contributed by atoms with van der Waals surface area (Å²) in [6.07, 6.45) is 71.1. The second kappa shape index (κ2) is 69.5. The summed E-state index contributed by atoms with van der Waals surface area (Å²) in [5.41, 5.74) is 0. The van der Waals surface area contributed by atoms with Crippen molar-refractivity contribution in [2.24, 2.45) is 0 Å². The lowest BCUT2D eigenvalue weighted by molar-refractivity contribution is -0.161. The highest BCUT2D eigenvalue weighted by atomic mass is 31.2. The van der Waals surface area contributed by atoms with Crippen LogP contribution in [0.15, 0.2) is 97.2 Å². The molecular weight excluding hydrogens is 1260 g/mol. The van der Waals surface area contributed by atoms with Crippen molar-refractivity contribution >= 4 is 39.5 Å². The van der Waals surface area contributed by atoms with Crippen LogP contribution >= 0.6 is 15.6 Å². The predicted octanol–water partition coefficient (Wildman–Crippen LogP) is 21.2. The van der Waals surface area contributed by atoms with Gasteiger partial charge >= 0.3 is 39.5 Å². The monoisotopic (exact) mass is 1390 g/mol. The van der Waals surface area contributed by atoms with E-state index in [0.717, 1.165) is 186 Å². The average Bonchev–Trinajstić information content (AvgIpc) is 1.14. The molecule has 0 aliphatic heterocycles. The van der Waals surface area contributed by atoms with Crippen molar-refractivity contribution in [3.8, 4) is 0 Å². The molecule has 17 nitrogen and oxygen atoms in total. The van der Waals surface area contributed by atoms with Crippen molar-refractivity contribution in [2.75, 3.05) is 39.6 Å². The van der Waals surface area contributed by atoms with Crippen LogP contribution < -0.4 is 0 Å². The van der Waals surface area contributed by atoms with Crippen molar-refractivity contribution in [3.05, 3.63) is 97.2 Å². The summed E-state index contributed by atoms with van der Waals surface area (Å²) >= 11 is 0. The van der Waals surface area contributed by atoms with E-state index in [-0.39, 0.29) is 25.7 Å². The van der Waals surface area contributed by atoms with Crippen LogP contribution in [-0.2, 0) is 65.4 Å². The fourth-order valence-electron chi connectivity index (χ4n) is 9.77. The zero-order valence-electron chi connectivity index (χ0n) is 60.3. The minimum atomic E-state index is -4.98. The number of aliphatic hydroxyl groups is 1. The van der Waals surface area contributed by atoms with Crippen LogP contribution in [0.5, 0.6) is 0 Å². The molecule has 554 valence electrons. The zero-order chi connectivity index (χ0) is 70.4. The Balaban J connectivity index is 5.36. The Labute approximate surface area is 582 Å². The van der Waals surface area contributed by atoms with Gasteiger partial charge in [-0.15, -0.1) is 0 Å². The molecule has 0 bridgehead atoms. The van der Waals surface area contributed by atoms with Gasteiger partial charge in [0.15, 0.2) is 12.2 Å². The molecule has 3 N–H and O–H groups in total. The van der Waals surface area contributed by atoms with Crippen LogP contribution in [0.2, 0.25) is 0 Å². The van der Waals surface area contributed by atoms with Gasteiger partial charge in [0.05, 0.1) is 26.4 Å². The third-order valence-corrected chi connectivity index (χ3v) is 17.4. The van der Waals surface area contributed by atoms with Gasteiger partial charge in [-0.1, -0.05) is 240 Å². The van der Waals surface area contributed by atoms with E-state index in [2.05, 4.69) is 125 Å². The number of unbranched alkanes of at least 4 members (excludes halogenated alkanes) is 28. The van der Waals surface area contributed by atoms with E-state index < -0.39 is 97.5 Å². The Morgan fingerprint density at radius 1 is 0.302 bits per heavy atom. The van der Waals surface area contributed by atoms with Gasteiger partial charge < -0.3 is 33.8 Å². The highest BCUT2D eigenvalue weighted by molar-refractivity contribution is 7.47. The number of carbonyl (C=O) groups excluding carboxylic acids is 4. The minimum absolute atomic E-state index is 0.0754. The molecule has 0 aliphatic carbocycles. The van der Waals surface area contributed by atoms with Crippen molar-refractivity contribution in [3.63, 3.8) is 0 Å². The third-order valence-electron chi connectivity index (χ3n) is 15.5. The molecule has 0 amide bonds. The number of allylic oxidation sites excluding steroid dienone is 16. The first-order chi connectivity index (χ1) is 46.7. The Bertz CT molecular complexity index is 2200. The first-order valence-corrected chi connectivity index (χ1v) is 40.5. The molecule has 5 atom stereocenters. The number of ether oxygens (including phenoxy) is 4. The number of phosphoric ester groups is 2. The fourth-order valence-corrected chi connectivity index (χ4v) is 11.3. The summed E-state index contributed by atoms with van der Waals surface area (Å²) in [5, 5.41) is 10.6. The zero-order valence-corrected chi connectivity index (χ0v) is 62.1. The van der Waals surface area contributed by atoms with Crippen LogP contribution in [0.4, 0.5) is 0 Å². The second-order valence-electron chi connectivity index (χ2n) is 24.8. The number of rotatable bonds is 70. The normalized spacial score (nSPS) is 14.5. The van der Waals surface area contributed by atoms with Gasteiger partial charge in [-0.2, -0.15) is 0 Å². The lowest BCUT2D eigenvalue weighted by atomic mass is 10.1. The van der Waals surface area contributed by atoms with E-state index in [1.165, 1.54) is 44.9 Å². The molecule has 0 radical (unpaired) electrons. The number of carbonyl (C=O) groups is 4. The van der Waals surface area contributed by atoms with Crippen molar-refractivity contribution in [2.45, 2.75) is 329 Å². The van der Waals surface area contributed by atoms with Gasteiger partial charge in [0, 0.05) is 25.7 Å². The highest BCUT2D eigenvalue weighted by Gasteiger charge is 2.30. The number of hydrogen-bond donors (Lipinski definition) is 3. The molecule has 96 heavy (non-hydrogen) atoms. The maximum Gasteiger partial charge on any atom is 0.472 e. The molecule has 0 heterocycles. The quantitative estimate of drug-likeness (QED) is 0.0169. The van der Waals surface area contributed by atoms with Crippen LogP contribution in [0.3, 0.4) is 0 Å². The molecule has 19 heteroatoms. The average molecular weight is 1390 g/mol. The van der Waals surface area contributed by atoms with Gasteiger partial charge in [0.2, 0.25) is 0 Å². The summed E-state index contributed by atoms with van der Waals surface area (Å²) in [4.78, 5) is 72.8. The largest absolute Gasteiger partial charge is 0.472 e. The summed E-state index contributed by atoms with van der Waals surface area (Å²) in [6, 6.07) is 0. The summed E-state index contributed by atoms with van der Waals surface area (Å²) < 4.78 is 68.4. The molecule has 0 spiro atoms. The van der Waals surface area contributed by atoms with Gasteiger partial charge in [0.25, 0.3) is 0 Å². The SMILES string of the molecule is CC/C=C\C/C=C\C/C=C\CCCCCCCC(=O)OCC(COP(=O)(O)OCC(O)COP(=O)(O)OCC(COC(=O)CCCCCCC/C=C\C/C=C\CCCCC)OC(=O)CCCCCCC/C=C\C/C=C\CCC)OC(=O)CCCCCCC/C=C\CCCCCC. The third kappa shape index (κ3) is 68.5. The molecule has 5 unspecified atom stereocenters. The Kier molecular flexibility index (Phi) is 66.6. The van der Waals surface area contributed by atoms with Crippen LogP contribution in [-0.4, -0.2) is 96.7 Å². The van der Waals surface area contributed by atoms with Gasteiger partial charge in [-0.3, -0.25) is 37.3 Å². The molecule has 0 saturated carbocycles. The summed E-state index contributed by atoms with van der Waals surface area (Å²) in [6.45, 7) is 4.60. The number of hydrogen-bond acceptors (Lipinski definition) is 15. The molecule has 0 aromatic rings. The van der Waals surface area contributed by atoms with Crippen molar-refractivity contribution < 1.29 is 80.2 Å². The first kappa shape index (κ1) is 92.0. The smallest absolute Gasteiger partial charge is 0.462 e. The summed E-state index contributed by atoms with van der Waals surface area (Å²) in [5.74, 6) is -2.23. The Morgan fingerprint density at radius 2 is 0.562 bits per heavy atom. The van der Waals surface area contributed by atoms with Crippen LogP contribution in [0.1, 0.15) is 310 Å². The number of aliphatic hydroxyl groups excluding tert-OH is 1. The van der Waals surface area contributed by atoms with E-state index in [9.17, 15) is 43.2 Å². The second-order valence-corrected chi connectivity index (χ2v) is 27.8. The number of esters is 4.